The van der Waals surface area contributed by atoms with Gasteiger partial charge in [0.1, 0.15) is 0 Å². The molecular formula is C13H18BrNO2S. The van der Waals surface area contributed by atoms with Crippen molar-refractivity contribution < 1.29 is 8.42 Å². The van der Waals surface area contributed by atoms with Gasteiger partial charge in [0.25, 0.3) is 0 Å². The average molecular weight is 332 g/mol. The number of piperidine rings is 1. The normalized spacial score (nSPS) is 18.0. The first-order valence-corrected chi connectivity index (χ1v) is 9.13. The Morgan fingerprint density at radius 2 is 1.78 bits per heavy atom. The van der Waals surface area contributed by atoms with Gasteiger partial charge < -0.3 is 4.90 Å². The Bertz CT molecular complexity index is 490. The maximum absolute atomic E-state index is 11.4. The molecule has 3 nitrogen and oxygen atoms in total. The number of sulfone groups is 1. The fraction of sp³-hybridized carbons (Fsp3) is 0.538. The lowest BCUT2D eigenvalue weighted by atomic mass is 9.99. The molecule has 0 aliphatic carbocycles. The lowest BCUT2D eigenvalue weighted by molar-refractivity contribution is 0.447. The van der Waals surface area contributed by atoms with Gasteiger partial charge in [-0.1, -0.05) is 15.9 Å². The summed E-state index contributed by atoms with van der Waals surface area (Å²) in [6.07, 6.45) is 3.63. The minimum Gasteiger partial charge on any atom is -0.372 e. The second-order valence-corrected chi connectivity index (χ2v) is 7.51. The predicted octanol–water partition coefficient (Wildman–Crippen LogP) is 2.70. The van der Waals surface area contributed by atoms with Gasteiger partial charge in [-0.05, 0) is 43.0 Å². The third kappa shape index (κ3) is 3.26. The van der Waals surface area contributed by atoms with Gasteiger partial charge in [0.05, 0.1) is 4.90 Å². The number of anilines is 1. The van der Waals surface area contributed by atoms with E-state index in [1.807, 2.05) is 12.1 Å². The smallest absolute Gasteiger partial charge is 0.175 e. The molecule has 0 unspecified atom stereocenters. The second-order valence-electron chi connectivity index (χ2n) is 4.85. The Kier molecular flexibility index (Phi) is 4.33. The molecule has 5 heteroatoms. The van der Waals surface area contributed by atoms with Gasteiger partial charge >= 0.3 is 0 Å². The molecule has 0 radical (unpaired) electrons. The van der Waals surface area contributed by atoms with E-state index in [2.05, 4.69) is 20.8 Å². The Morgan fingerprint density at radius 1 is 1.22 bits per heavy atom. The maximum Gasteiger partial charge on any atom is 0.175 e. The summed E-state index contributed by atoms with van der Waals surface area (Å²) in [6, 6.07) is 7.21. The number of nitrogens with zero attached hydrogens (tertiary/aromatic N) is 1. The Hall–Kier alpha value is -0.550. The monoisotopic (exact) mass is 331 g/mol. The molecule has 1 aliphatic rings. The molecule has 0 atom stereocenters. The number of alkyl halides is 1. The molecule has 18 heavy (non-hydrogen) atoms. The molecule has 1 aromatic carbocycles. The molecule has 0 aromatic heterocycles. The fourth-order valence-corrected chi connectivity index (χ4v) is 3.53. The van der Waals surface area contributed by atoms with Crippen molar-refractivity contribution in [3.63, 3.8) is 0 Å². The molecule has 0 spiro atoms. The summed E-state index contributed by atoms with van der Waals surface area (Å²) in [6.45, 7) is 2.10. The van der Waals surface area contributed by atoms with E-state index in [-0.39, 0.29) is 0 Å². The summed E-state index contributed by atoms with van der Waals surface area (Å²) in [5.74, 6) is 0.775. The average Bonchev–Trinajstić information content (AvgIpc) is 2.38. The second kappa shape index (κ2) is 5.61. The summed E-state index contributed by atoms with van der Waals surface area (Å²) in [5, 5.41) is 1.08. The molecule has 0 N–H and O–H groups in total. The van der Waals surface area contributed by atoms with E-state index in [1.165, 1.54) is 19.1 Å². The van der Waals surface area contributed by atoms with Crippen molar-refractivity contribution in [1.82, 2.24) is 0 Å². The van der Waals surface area contributed by atoms with Gasteiger partial charge in [-0.25, -0.2) is 8.42 Å². The van der Waals surface area contributed by atoms with E-state index < -0.39 is 9.84 Å². The number of rotatable bonds is 3. The highest BCUT2D eigenvalue weighted by atomic mass is 79.9. The topological polar surface area (TPSA) is 37.4 Å². The van der Waals surface area contributed by atoms with Gasteiger partial charge in [0.2, 0.25) is 0 Å². The molecule has 1 heterocycles. The summed E-state index contributed by atoms with van der Waals surface area (Å²) in [5.41, 5.74) is 1.12. The molecule has 1 fully saturated rings. The Labute approximate surface area is 117 Å². The lowest BCUT2D eigenvalue weighted by Gasteiger charge is -2.33. The van der Waals surface area contributed by atoms with Gasteiger partial charge in [-0.2, -0.15) is 0 Å². The van der Waals surface area contributed by atoms with Crippen molar-refractivity contribution in [1.29, 1.82) is 0 Å². The van der Waals surface area contributed by atoms with Crippen LogP contribution in [-0.4, -0.2) is 33.1 Å². The molecule has 1 aliphatic heterocycles. The summed E-state index contributed by atoms with van der Waals surface area (Å²) >= 11 is 3.53. The first-order valence-electron chi connectivity index (χ1n) is 6.12. The van der Waals surface area contributed by atoms with E-state index in [9.17, 15) is 8.42 Å². The highest BCUT2D eigenvalue weighted by Gasteiger charge is 2.18. The minimum atomic E-state index is -3.09. The van der Waals surface area contributed by atoms with E-state index in [4.69, 9.17) is 0 Å². The molecule has 0 saturated carbocycles. The summed E-state index contributed by atoms with van der Waals surface area (Å²) in [4.78, 5) is 2.71. The van der Waals surface area contributed by atoms with Crippen molar-refractivity contribution in [3.05, 3.63) is 24.3 Å². The number of hydrogen-bond donors (Lipinski definition) is 0. The molecule has 0 bridgehead atoms. The highest BCUT2D eigenvalue weighted by molar-refractivity contribution is 9.09. The fourth-order valence-electron chi connectivity index (χ4n) is 2.25. The summed E-state index contributed by atoms with van der Waals surface area (Å²) in [7, 11) is -3.09. The van der Waals surface area contributed by atoms with Crippen LogP contribution in [0.5, 0.6) is 0 Å². The minimum absolute atomic E-state index is 0.390. The van der Waals surface area contributed by atoms with Crippen molar-refractivity contribution in [2.24, 2.45) is 5.92 Å². The molecule has 1 saturated heterocycles. The van der Waals surface area contributed by atoms with Crippen molar-refractivity contribution in [2.75, 3.05) is 29.6 Å². The van der Waals surface area contributed by atoms with E-state index >= 15 is 0 Å². The van der Waals surface area contributed by atoms with Crippen LogP contribution < -0.4 is 4.90 Å². The van der Waals surface area contributed by atoms with Crippen LogP contribution in [0, 0.1) is 5.92 Å². The zero-order valence-corrected chi connectivity index (χ0v) is 12.9. The largest absolute Gasteiger partial charge is 0.372 e. The van der Waals surface area contributed by atoms with Crippen LogP contribution in [0.2, 0.25) is 0 Å². The Balaban J connectivity index is 2.07. The standard InChI is InChI=1S/C13H18BrNO2S/c1-18(16,17)13-4-2-12(3-5-13)15-8-6-11(10-14)7-9-15/h2-5,11H,6-10H2,1H3. The highest BCUT2D eigenvalue weighted by Crippen LogP contribution is 2.25. The van der Waals surface area contributed by atoms with Crippen LogP contribution in [0.25, 0.3) is 0 Å². The van der Waals surface area contributed by atoms with Gasteiger partial charge in [-0.15, -0.1) is 0 Å². The summed E-state index contributed by atoms with van der Waals surface area (Å²) < 4.78 is 22.8. The molecule has 2 rings (SSSR count). The SMILES string of the molecule is CS(=O)(=O)c1ccc(N2CCC(CBr)CC2)cc1. The maximum atomic E-state index is 11.4. The quantitative estimate of drug-likeness (QED) is 0.799. The van der Waals surface area contributed by atoms with Gasteiger partial charge in [-0.3, -0.25) is 0 Å². The molecular weight excluding hydrogens is 314 g/mol. The van der Waals surface area contributed by atoms with Crippen molar-refractivity contribution in [3.8, 4) is 0 Å². The van der Waals surface area contributed by atoms with Crippen LogP contribution in [0.15, 0.2) is 29.2 Å². The van der Waals surface area contributed by atoms with Gasteiger partial charge in [0, 0.05) is 30.4 Å². The zero-order chi connectivity index (χ0) is 13.2. The van der Waals surface area contributed by atoms with Crippen LogP contribution in [0.4, 0.5) is 5.69 Å². The number of benzene rings is 1. The van der Waals surface area contributed by atoms with Crippen molar-refractivity contribution in [2.45, 2.75) is 17.7 Å². The van der Waals surface area contributed by atoms with Crippen LogP contribution in [-0.2, 0) is 9.84 Å². The third-order valence-corrected chi connectivity index (χ3v) is 5.51. The molecule has 1 aromatic rings. The lowest BCUT2D eigenvalue weighted by Crippen LogP contribution is -2.34. The predicted molar refractivity (Wildman–Crippen MR) is 78.3 cm³/mol. The number of hydrogen-bond acceptors (Lipinski definition) is 3. The van der Waals surface area contributed by atoms with E-state index in [1.54, 1.807) is 12.1 Å². The first-order chi connectivity index (χ1) is 8.50. The third-order valence-electron chi connectivity index (χ3n) is 3.46. The van der Waals surface area contributed by atoms with E-state index in [0.717, 1.165) is 30.0 Å². The molecule has 0 amide bonds. The zero-order valence-electron chi connectivity index (χ0n) is 10.5. The Morgan fingerprint density at radius 3 is 2.22 bits per heavy atom. The van der Waals surface area contributed by atoms with Crippen molar-refractivity contribution >= 4 is 31.5 Å². The van der Waals surface area contributed by atoms with Gasteiger partial charge in [0.15, 0.2) is 9.84 Å². The van der Waals surface area contributed by atoms with Crippen LogP contribution in [0.1, 0.15) is 12.8 Å². The van der Waals surface area contributed by atoms with Crippen LogP contribution in [0.3, 0.4) is 0 Å². The number of halogens is 1. The molecule has 100 valence electrons. The van der Waals surface area contributed by atoms with Crippen LogP contribution >= 0.6 is 15.9 Å². The first kappa shape index (κ1) is 13.9. The van der Waals surface area contributed by atoms with E-state index in [0.29, 0.717) is 4.90 Å².